The first-order valence-electron chi connectivity index (χ1n) is 7.17. The largest absolute Gasteiger partial charge is 0.393 e. The van der Waals surface area contributed by atoms with E-state index in [9.17, 15) is 8.78 Å². The van der Waals surface area contributed by atoms with Gasteiger partial charge in [0.25, 0.3) is 0 Å². The number of benzene rings is 2. The summed E-state index contributed by atoms with van der Waals surface area (Å²) in [5, 5.41) is 2.88. The van der Waals surface area contributed by atoms with Crippen molar-refractivity contribution in [3.8, 4) is 0 Å². The van der Waals surface area contributed by atoms with E-state index >= 15 is 0 Å². The van der Waals surface area contributed by atoms with E-state index in [0.717, 1.165) is 17.8 Å². The fourth-order valence-electron chi connectivity index (χ4n) is 2.24. The molecule has 1 heterocycles. The third kappa shape index (κ3) is 3.10. The average molecular weight is 327 g/mol. The molecule has 1 aromatic heterocycles. The maximum absolute atomic E-state index is 13.3. The molecule has 3 aromatic rings. The molecule has 0 aliphatic carbocycles. The van der Waals surface area contributed by atoms with Crippen LogP contribution >= 0.6 is 0 Å². The zero-order valence-electron chi connectivity index (χ0n) is 12.9. The molecule has 24 heavy (non-hydrogen) atoms. The van der Waals surface area contributed by atoms with Gasteiger partial charge >= 0.3 is 0 Å². The van der Waals surface area contributed by atoms with Crippen molar-refractivity contribution in [2.45, 2.75) is 0 Å². The average Bonchev–Trinajstić information content (AvgIpc) is 2.60. The Morgan fingerprint density at radius 1 is 1.00 bits per heavy atom. The van der Waals surface area contributed by atoms with Crippen LogP contribution in [0.3, 0.4) is 0 Å². The van der Waals surface area contributed by atoms with E-state index < -0.39 is 11.6 Å². The van der Waals surface area contributed by atoms with E-state index in [1.165, 1.54) is 12.4 Å². The third-order valence-corrected chi connectivity index (χ3v) is 3.51. The maximum Gasteiger partial charge on any atom is 0.161 e. The van der Waals surface area contributed by atoms with Crippen LogP contribution in [-0.4, -0.2) is 17.0 Å². The molecule has 0 radical (unpaired) electrons. The van der Waals surface area contributed by atoms with Crippen LogP contribution in [-0.2, 0) is 0 Å². The van der Waals surface area contributed by atoms with Gasteiger partial charge in [0.1, 0.15) is 12.0 Å². The standard InChI is InChI=1S/C17H15F2N5/c1-24(12-5-3-2-4-6-12)17-15(20)16(21-10-22-17)23-11-7-8-13(18)14(19)9-11/h2-10H,20H2,1H3,(H,21,22,23). The second-order valence-corrected chi connectivity index (χ2v) is 5.11. The van der Waals surface area contributed by atoms with Gasteiger partial charge in [-0.2, -0.15) is 0 Å². The van der Waals surface area contributed by atoms with E-state index in [2.05, 4.69) is 15.3 Å². The van der Waals surface area contributed by atoms with Gasteiger partial charge in [-0.3, -0.25) is 0 Å². The first-order chi connectivity index (χ1) is 11.6. The van der Waals surface area contributed by atoms with Crippen LogP contribution in [0.1, 0.15) is 0 Å². The maximum atomic E-state index is 13.3. The van der Waals surface area contributed by atoms with E-state index in [-0.39, 0.29) is 0 Å². The summed E-state index contributed by atoms with van der Waals surface area (Å²) in [6.07, 6.45) is 1.35. The van der Waals surface area contributed by atoms with Gasteiger partial charge in [0.2, 0.25) is 0 Å². The Morgan fingerprint density at radius 3 is 2.46 bits per heavy atom. The number of rotatable bonds is 4. The summed E-state index contributed by atoms with van der Waals surface area (Å²) in [7, 11) is 1.83. The molecular weight excluding hydrogens is 312 g/mol. The summed E-state index contributed by atoms with van der Waals surface area (Å²) in [5.41, 5.74) is 7.68. The van der Waals surface area contributed by atoms with Gasteiger partial charge in [-0.05, 0) is 24.3 Å². The van der Waals surface area contributed by atoms with Crippen molar-refractivity contribution in [3.63, 3.8) is 0 Å². The highest BCUT2D eigenvalue weighted by molar-refractivity contribution is 5.81. The molecule has 7 heteroatoms. The van der Waals surface area contributed by atoms with Crippen molar-refractivity contribution in [2.24, 2.45) is 0 Å². The van der Waals surface area contributed by atoms with Crippen LogP contribution in [0.25, 0.3) is 0 Å². The minimum absolute atomic E-state index is 0.300. The Kier molecular flexibility index (Phi) is 4.24. The third-order valence-electron chi connectivity index (χ3n) is 3.51. The predicted octanol–water partition coefficient (Wildman–Crippen LogP) is 3.85. The number of nitrogen functional groups attached to an aromatic ring is 1. The molecule has 5 nitrogen and oxygen atoms in total. The van der Waals surface area contributed by atoms with E-state index in [1.807, 2.05) is 42.3 Å². The molecule has 3 N–H and O–H groups in total. The molecule has 0 fully saturated rings. The van der Waals surface area contributed by atoms with Crippen molar-refractivity contribution < 1.29 is 8.78 Å². The second-order valence-electron chi connectivity index (χ2n) is 5.11. The highest BCUT2D eigenvalue weighted by atomic mass is 19.2. The first kappa shape index (κ1) is 15.7. The van der Waals surface area contributed by atoms with Crippen LogP contribution in [0.2, 0.25) is 0 Å². The van der Waals surface area contributed by atoms with Gasteiger partial charge in [-0.1, -0.05) is 18.2 Å². The predicted molar refractivity (Wildman–Crippen MR) is 90.6 cm³/mol. The summed E-state index contributed by atoms with van der Waals surface area (Å²) in [5.74, 6) is -1.05. The number of nitrogens with one attached hydrogen (secondary N) is 1. The summed E-state index contributed by atoms with van der Waals surface area (Å²) < 4.78 is 26.3. The Balaban J connectivity index is 1.92. The second kappa shape index (κ2) is 6.49. The summed E-state index contributed by atoms with van der Waals surface area (Å²) in [6.45, 7) is 0. The number of aromatic nitrogens is 2. The number of anilines is 5. The Morgan fingerprint density at radius 2 is 1.75 bits per heavy atom. The van der Waals surface area contributed by atoms with Gasteiger partial charge in [-0.25, -0.2) is 18.7 Å². The van der Waals surface area contributed by atoms with E-state index in [4.69, 9.17) is 5.73 Å². The Labute approximate surface area is 137 Å². The molecule has 0 saturated heterocycles. The number of hydrogen-bond donors (Lipinski definition) is 2. The lowest BCUT2D eigenvalue weighted by atomic mass is 10.2. The molecule has 0 spiro atoms. The molecule has 0 aliphatic heterocycles. The molecule has 0 unspecified atom stereocenters. The van der Waals surface area contributed by atoms with Crippen molar-refractivity contribution in [2.75, 3.05) is 23.0 Å². The quantitative estimate of drug-likeness (QED) is 0.762. The van der Waals surface area contributed by atoms with Crippen molar-refractivity contribution >= 4 is 28.7 Å². The molecule has 0 aliphatic rings. The van der Waals surface area contributed by atoms with Crippen LogP contribution in [0.5, 0.6) is 0 Å². The van der Waals surface area contributed by atoms with Crippen molar-refractivity contribution in [1.82, 2.24) is 9.97 Å². The molecule has 122 valence electrons. The molecular formula is C17H15F2N5. The van der Waals surface area contributed by atoms with Crippen molar-refractivity contribution in [3.05, 3.63) is 66.5 Å². The van der Waals surface area contributed by atoms with Gasteiger partial charge in [0, 0.05) is 24.5 Å². The zero-order valence-corrected chi connectivity index (χ0v) is 12.9. The lowest BCUT2D eigenvalue weighted by Gasteiger charge is -2.21. The zero-order chi connectivity index (χ0) is 17.1. The van der Waals surface area contributed by atoms with Crippen LogP contribution in [0, 0.1) is 11.6 Å². The molecule has 0 bridgehead atoms. The number of halogens is 2. The van der Waals surface area contributed by atoms with Gasteiger partial charge in [0.05, 0.1) is 0 Å². The summed E-state index contributed by atoms with van der Waals surface area (Å²) in [4.78, 5) is 10.1. The fraction of sp³-hybridized carbons (Fsp3) is 0.0588. The topological polar surface area (TPSA) is 67.1 Å². The van der Waals surface area contributed by atoms with Crippen molar-refractivity contribution in [1.29, 1.82) is 0 Å². The minimum atomic E-state index is -0.950. The normalized spacial score (nSPS) is 10.5. The highest BCUT2D eigenvalue weighted by Gasteiger charge is 2.14. The van der Waals surface area contributed by atoms with E-state index in [1.54, 1.807) is 0 Å². The van der Waals surface area contributed by atoms with Crippen LogP contribution < -0.4 is 16.0 Å². The summed E-state index contributed by atoms with van der Waals surface area (Å²) >= 11 is 0. The molecule has 0 atom stereocenters. The number of nitrogens with two attached hydrogens (primary N) is 1. The smallest absolute Gasteiger partial charge is 0.161 e. The van der Waals surface area contributed by atoms with Gasteiger partial charge in [0.15, 0.2) is 23.3 Å². The van der Waals surface area contributed by atoms with E-state index in [0.29, 0.717) is 23.0 Å². The SMILES string of the molecule is CN(c1ccccc1)c1ncnc(Nc2ccc(F)c(F)c2)c1N. The fourth-order valence-corrected chi connectivity index (χ4v) is 2.24. The Hall–Kier alpha value is -3.22. The minimum Gasteiger partial charge on any atom is -0.393 e. The number of nitrogens with zero attached hydrogens (tertiary/aromatic N) is 3. The van der Waals surface area contributed by atoms with Gasteiger partial charge in [-0.15, -0.1) is 0 Å². The number of para-hydroxylation sites is 1. The lowest BCUT2D eigenvalue weighted by molar-refractivity contribution is 0.509. The Bertz CT molecular complexity index is 855. The molecule has 0 amide bonds. The number of hydrogen-bond acceptors (Lipinski definition) is 5. The monoisotopic (exact) mass is 327 g/mol. The van der Waals surface area contributed by atoms with Crippen LogP contribution in [0.15, 0.2) is 54.9 Å². The molecule has 0 saturated carbocycles. The van der Waals surface area contributed by atoms with Crippen LogP contribution in [0.4, 0.5) is 37.5 Å². The molecule has 3 rings (SSSR count). The lowest BCUT2D eigenvalue weighted by Crippen LogP contribution is -2.15. The van der Waals surface area contributed by atoms with Gasteiger partial charge < -0.3 is 16.0 Å². The highest BCUT2D eigenvalue weighted by Crippen LogP contribution is 2.31. The molecule has 2 aromatic carbocycles. The summed E-state index contributed by atoms with van der Waals surface area (Å²) in [6, 6.07) is 13.0. The first-order valence-corrected chi connectivity index (χ1v) is 7.17.